The van der Waals surface area contributed by atoms with Crippen molar-refractivity contribution < 1.29 is 9.53 Å². The van der Waals surface area contributed by atoms with Crippen molar-refractivity contribution >= 4 is 11.7 Å². The lowest BCUT2D eigenvalue weighted by Gasteiger charge is -2.36. The third kappa shape index (κ3) is 5.11. The summed E-state index contributed by atoms with van der Waals surface area (Å²) >= 11 is 0. The van der Waals surface area contributed by atoms with Crippen molar-refractivity contribution in [2.75, 3.05) is 51.8 Å². The molecule has 0 aliphatic carbocycles. The van der Waals surface area contributed by atoms with Crippen LogP contribution in [0.25, 0.3) is 11.3 Å². The van der Waals surface area contributed by atoms with E-state index in [1.165, 1.54) is 5.56 Å². The number of likely N-dealkylation sites (N-methyl/N-ethyl adjacent to an activating group) is 2. The van der Waals surface area contributed by atoms with Crippen molar-refractivity contribution in [3.8, 4) is 11.3 Å². The number of nitrogens with zero attached hydrogens (tertiary/aromatic N) is 3. The summed E-state index contributed by atoms with van der Waals surface area (Å²) in [5, 5.41) is 6.42. The Kier molecular flexibility index (Phi) is 7.40. The van der Waals surface area contributed by atoms with Crippen LogP contribution >= 0.6 is 0 Å². The number of aromatic nitrogens is 1. The molecule has 2 N–H and O–H groups in total. The molecule has 7 heteroatoms. The van der Waals surface area contributed by atoms with Crippen molar-refractivity contribution in [1.82, 2.24) is 20.5 Å². The van der Waals surface area contributed by atoms with Crippen LogP contribution in [0, 0.1) is 0 Å². The maximum absolute atomic E-state index is 13.2. The second-order valence-electron chi connectivity index (χ2n) is 8.77. The molecule has 1 saturated heterocycles. The van der Waals surface area contributed by atoms with Crippen molar-refractivity contribution in [2.45, 2.75) is 38.9 Å². The third-order valence-electron chi connectivity index (χ3n) is 6.35. The van der Waals surface area contributed by atoms with Crippen molar-refractivity contribution in [1.29, 1.82) is 0 Å². The van der Waals surface area contributed by atoms with Crippen LogP contribution in [0.3, 0.4) is 0 Å². The minimum absolute atomic E-state index is 0.00973. The molecule has 0 bridgehead atoms. The first kappa shape index (κ1) is 22.7. The van der Waals surface area contributed by atoms with Gasteiger partial charge >= 0.3 is 0 Å². The molecule has 1 amide bonds. The highest BCUT2D eigenvalue weighted by atomic mass is 16.5. The Morgan fingerprint density at radius 3 is 2.84 bits per heavy atom. The van der Waals surface area contributed by atoms with Gasteiger partial charge < -0.3 is 25.2 Å². The third-order valence-corrected chi connectivity index (χ3v) is 6.35. The van der Waals surface area contributed by atoms with E-state index in [4.69, 9.17) is 9.72 Å². The molecule has 2 aliphatic heterocycles. The van der Waals surface area contributed by atoms with Gasteiger partial charge in [0.1, 0.15) is 5.82 Å². The Bertz CT molecular complexity index is 942. The first-order valence-electron chi connectivity index (χ1n) is 11.7. The van der Waals surface area contributed by atoms with Crippen LogP contribution < -0.4 is 15.5 Å². The first-order chi connectivity index (χ1) is 15.6. The van der Waals surface area contributed by atoms with Gasteiger partial charge in [-0.3, -0.25) is 4.79 Å². The molecule has 0 saturated carbocycles. The SMILES string of the molecule is CCN1Cc2c(C(=O)NC3CCOCC3)cc(-c3cccc(CN(C)CCNC)c3)nc21. The first-order valence-corrected chi connectivity index (χ1v) is 11.7. The molecule has 2 aromatic rings. The van der Waals surface area contributed by atoms with Crippen LogP contribution in [0.2, 0.25) is 0 Å². The van der Waals surface area contributed by atoms with Gasteiger partial charge in [0.15, 0.2) is 0 Å². The Labute approximate surface area is 191 Å². The molecule has 2 aliphatic rings. The average molecular weight is 438 g/mol. The smallest absolute Gasteiger partial charge is 0.252 e. The fourth-order valence-electron chi connectivity index (χ4n) is 4.39. The summed E-state index contributed by atoms with van der Waals surface area (Å²) in [6, 6.07) is 10.7. The molecule has 1 aromatic heterocycles. The summed E-state index contributed by atoms with van der Waals surface area (Å²) in [6.45, 7) is 8.04. The van der Waals surface area contributed by atoms with Crippen LogP contribution in [0.15, 0.2) is 30.3 Å². The zero-order valence-electron chi connectivity index (χ0n) is 19.5. The van der Waals surface area contributed by atoms with Gasteiger partial charge in [-0.15, -0.1) is 0 Å². The van der Waals surface area contributed by atoms with Gasteiger partial charge in [-0.2, -0.15) is 0 Å². The monoisotopic (exact) mass is 437 g/mol. The van der Waals surface area contributed by atoms with E-state index in [-0.39, 0.29) is 11.9 Å². The molecular weight excluding hydrogens is 402 g/mol. The summed E-state index contributed by atoms with van der Waals surface area (Å²) in [7, 11) is 4.10. The Morgan fingerprint density at radius 1 is 1.28 bits per heavy atom. The second-order valence-corrected chi connectivity index (χ2v) is 8.77. The molecular formula is C25H35N5O2. The molecule has 4 rings (SSSR count). The van der Waals surface area contributed by atoms with Crippen molar-refractivity contribution in [3.05, 3.63) is 47.0 Å². The Balaban J connectivity index is 1.59. The molecule has 7 nitrogen and oxygen atoms in total. The molecule has 0 unspecified atom stereocenters. The number of benzene rings is 1. The van der Waals surface area contributed by atoms with Gasteiger partial charge in [0.05, 0.1) is 11.3 Å². The summed E-state index contributed by atoms with van der Waals surface area (Å²) < 4.78 is 5.43. The highest BCUT2D eigenvalue weighted by Gasteiger charge is 2.30. The Morgan fingerprint density at radius 2 is 2.09 bits per heavy atom. The molecule has 0 spiro atoms. The predicted molar refractivity (Wildman–Crippen MR) is 128 cm³/mol. The number of pyridine rings is 1. The molecule has 0 radical (unpaired) electrons. The normalized spacial score (nSPS) is 16.1. The highest BCUT2D eigenvalue weighted by Crippen LogP contribution is 2.36. The van der Waals surface area contributed by atoms with E-state index in [2.05, 4.69) is 58.7 Å². The summed E-state index contributed by atoms with van der Waals surface area (Å²) in [6.07, 6.45) is 1.74. The second kappa shape index (κ2) is 10.4. The van der Waals surface area contributed by atoms with Gasteiger partial charge in [-0.25, -0.2) is 4.98 Å². The van der Waals surface area contributed by atoms with Gasteiger partial charge in [0.2, 0.25) is 0 Å². The zero-order valence-corrected chi connectivity index (χ0v) is 19.5. The van der Waals surface area contributed by atoms with Crippen molar-refractivity contribution in [2.24, 2.45) is 0 Å². The number of carbonyl (C=O) groups is 1. The molecule has 0 atom stereocenters. The van der Waals surface area contributed by atoms with Crippen LogP contribution in [-0.4, -0.2) is 68.8 Å². The van der Waals surface area contributed by atoms with E-state index in [9.17, 15) is 4.79 Å². The number of amides is 1. The lowest BCUT2D eigenvalue weighted by Crippen LogP contribution is -2.41. The molecule has 172 valence electrons. The zero-order chi connectivity index (χ0) is 22.5. The van der Waals surface area contributed by atoms with E-state index in [1.54, 1.807) is 0 Å². The minimum Gasteiger partial charge on any atom is -0.381 e. The van der Waals surface area contributed by atoms with Crippen LogP contribution in [-0.2, 0) is 17.8 Å². The number of hydrogen-bond acceptors (Lipinski definition) is 6. The lowest BCUT2D eigenvalue weighted by molar-refractivity contribution is 0.0696. The van der Waals surface area contributed by atoms with E-state index >= 15 is 0 Å². The lowest BCUT2D eigenvalue weighted by atomic mass is 9.97. The summed E-state index contributed by atoms with van der Waals surface area (Å²) in [4.78, 5) is 22.7. The quantitative estimate of drug-likeness (QED) is 0.629. The number of fused-ring (bicyclic) bond motifs is 1. The number of ether oxygens (including phenoxy) is 1. The fourth-order valence-corrected chi connectivity index (χ4v) is 4.39. The number of hydrogen-bond donors (Lipinski definition) is 2. The van der Waals surface area contributed by atoms with Crippen LogP contribution in [0.4, 0.5) is 5.82 Å². The maximum Gasteiger partial charge on any atom is 0.252 e. The highest BCUT2D eigenvalue weighted by molar-refractivity contribution is 5.99. The number of rotatable bonds is 9. The number of nitrogens with one attached hydrogen (secondary N) is 2. The predicted octanol–water partition coefficient (Wildman–Crippen LogP) is 2.65. The van der Waals surface area contributed by atoms with Gasteiger partial charge in [-0.1, -0.05) is 18.2 Å². The maximum atomic E-state index is 13.2. The molecule has 1 aromatic carbocycles. The van der Waals surface area contributed by atoms with E-state index in [0.29, 0.717) is 13.2 Å². The molecule has 1 fully saturated rings. The topological polar surface area (TPSA) is 69.7 Å². The average Bonchev–Trinajstić information content (AvgIpc) is 2.79. The van der Waals surface area contributed by atoms with Crippen molar-refractivity contribution in [3.63, 3.8) is 0 Å². The Hall–Kier alpha value is -2.48. The summed E-state index contributed by atoms with van der Waals surface area (Å²) in [5.74, 6) is 0.953. The van der Waals surface area contributed by atoms with Crippen LogP contribution in [0.1, 0.15) is 41.3 Å². The van der Waals surface area contributed by atoms with E-state index in [0.717, 1.165) is 73.8 Å². The van der Waals surface area contributed by atoms with Gasteiger partial charge in [0.25, 0.3) is 5.91 Å². The van der Waals surface area contributed by atoms with Crippen LogP contribution in [0.5, 0.6) is 0 Å². The molecule has 3 heterocycles. The molecule has 32 heavy (non-hydrogen) atoms. The minimum atomic E-state index is 0.00973. The fraction of sp³-hybridized carbons (Fsp3) is 0.520. The summed E-state index contributed by atoms with van der Waals surface area (Å²) in [5.41, 5.74) is 4.97. The van der Waals surface area contributed by atoms with Gasteiger partial charge in [0, 0.05) is 63.1 Å². The van der Waals surface area contributed by atoms with E-state index < -0.39 is 0 Å². The van der Waals surface area contributed by atoms with Gasteiger partial charge in [-0.05, 0) is 51.6 Å². The number of carbonyl (C=O) groups excluding carboxylic acids is 1. The number of anilines is 1. The largest absolute Gasteiger partial charge is 0.381 e. The van der Waals surface area contributed by atoms with E-state index in [1.807, 2.05) is 13.1 Å². The standard InChI is InChI=1S/C25H35N5O2/c1-4-30-17-22-21(25(31)27-20-8-12-32-13-9-20)15-23(28-24(22)30)19-7-5-6-18(14-19)16-29(3)11-10-26-2/h5-7,14-15,20,26H,4,8-13,16-17H2,1-3H3,(H,27,31).